The quantitative estimate of drug-likeness (QED) is 0.846. The Hall–Kier alpha value is -2.01. The van der Waals surface area contributed by atoms with E-state index in [0.717, 1.165) is 11.4 Å². The van der Waals surface area contributed by atoms with Crippen LogP contribution >= 0.6 is 11.3 Å². The van der Waals surface area contributed by atoms with Gasteiger partial charge in [-0.15, -0.1) is 0 Å². The SMILES string of the molecule is COc1ccc2c(c1)N(C(=O)c1ccsc1)CCO2. The number of nitrogens with zero attached hydrogens (tertiary/aromatic N) is 1. The van der Waals surface area contributed by atoms with E-state index in [0.29, 0.717) is 24.5 Å². The van der Waals surface area contributed by atoms with E-state index in [9.17, 15) is 4.79 Å². The molecule has 1 aliphatic heterocycles. The minimum Gasteiger partial charge on any atom is -0.497 e. The van der Waals surface area contributed by atoms with Crippen molar-refractivity contribution in [2.24, 2.45) is 0 Å². The number of methoxy groups -OCH3 is 1. The molecule has 2 heterocycles. The molecule has 0 N–H and O–H groups in total. The van der Waals surface area contributed by atoms with Crippen LogP contribution in [0.25, 0.3) is 0 Å². The van der Waals surface area contributed by atoms with Crippen LogP contribution in [0, 0.1) is 0 Å². The molecule has 0 saturated carbocycles. The van der Waals surface area contributed by atoms with E-state index in [-0.39, 0.29) is 5.91 Å². The van der Waals surface area contributed by atoms with Gasteiger partial charge in [0.15, 0.2) is 0 Å². The van der Waals surface area contributed by atoms with Crippen LogP contribution in [-0.2, 0) is 0 Å². The average Bonchev–Trinajstić information content (AvgIpc) is 2.99. The van der Waals surface area contributed by atoms with Crippen molar-refractivity contribution in [3.8, 4) is 11.5 Å². The molecule has 2 aromatic rings. The van der Waals surface area contributed by atoms with E-state index in [4.69, 9.17) is 9.47 Å². The van der Waals surface area contributed by atoms with Gasteiger partial charge in [-0.1, -0.05) is 0 Å². The highest BCUT2D eigenvalue weighted by Crippen LogP contribution is 2.35. The Bertz CT molecular complexity index is 595. The highest BCUT2D eigenvalue weighted by atomic mass is 32.1. The molecule has 3 rings (SSSR count). The molecule has 0 unspecified atom stereocenters. The van der Waals surface area contributed by atoms with Crippen LogP contribution in [0.15, 0.2) is 35.0 Å². The minimum atomic E-state index is -0.000877. The Morgan fingerprint density at radius 2 is 2.32 bits per heavy atom. The summed E-state index contributed by atoms with van der Waals surface area (Å²) in [6, 6.07) is 7.33. The van der Waals surface area contributed by atoms with Crippen molar-refractivity contribution in [3.05, 3.63) is 40.6 Å². The van der Waals surface area contributed by atoms with Crippen LogP contribution in [0.2, 0.25) is 0 Å². The normalized spacial score (nSPS) is 13.6. The molecule has 1 aromatic carbocycles. The van der Waals surface area contributed by atoms with Crippen LogP contribution in [0.4, 0.5) is 5.69 Å². The largest absolute Gasteiger partial charge is 0.497 e. The fraction of sp³-hybridized carbons (Fsp3) is 0.214. The molecule has 1 aliphatic rings. The van der Waals surface area contributed by atoms with Gasteiger partial charge in [0.1, 0.15) is 18.1 Å². The van der Waals surface area contributed by atoms with Crippen molar-refractivity contribution in [3.63, 3.8) is 0 Å². The van der Waals surface area contributed by atoms with E-state index >= 15 is 0 Å². The van der Waals surface area contributed by atoms with Crippen LogP contribution in [-0.4, -0.2) is 26.2 Å². The summed E-state index contributed by atoms with van der Waals surface area (Å²) >= 11 is 1.52. The maximum absolute atomic E-state index is 12.5. The van der Waals surface area contributed by atoms with Gasteiger partial charge in [-0.3, -0.25) is 4.79 Å². The highest BCUT2D eigenvalue weighted by Gasteiger charge is 2.25. The molecule has 0 radical (unpaired) electrons. The predicted molar refractivity (Wildman–Crippen MR) is 74.5 cm³/mol. The maximum atomic E-state index is 12.5. The number of rotatable bonds is 2. The highest BCUT2D eigenvalue weighted by molar-refractivity contribution is 7.08. The Kier molecular flexibility index (Phi) is 3.13. The zero-order valence-electron chi connectivity index (χ0n) is 10.5. The van der Waals surface area contributed by atoms with Crippen molar-refractivity contribution >= 4 is 22.9 Å². The number of ether oxygens (including phenoxy) is 2. The molecular formula is C14H13NO3S. The Balaban J connectivity index is 1.99. The number of anilines is 1. The molecular weight excluding hydrogens is 262 g/mol. The van der Waals surface area contributed by atoms with Gasteiger partial charge in [0.25, 0.3) is 5.91 Å². The first-order chi connectivity index (χ1) is 9.29. The minimum absolute atomic E-state index is 0.000877. The first-order valence-electron chi connectivity index (χ1n) is 5.94. The van der Waals surface area contributed by atoms with Crippen LogP contribution in [0.5, 0.6) is 11.5 Å². The monoisotopic (exact) mass is 275 g/mol. The molecule has 5 heteroatoms. The molecule has 4 nitrogen and oxygen atoms in total. The number of hydrogen-bond donors (Lipinski definition) is 0. The third kappa shape index (κ3) is 2.17. The molecule has 1 aromatic heterocycles. The summed E-state index contributed by atoms with van der Waals surface area (Å²) in [5.74, 6) is 1.43. The lowest BCUT2D eigenvalue weighted by Crippen LogP contribution is -2.37. The summed E-state index contributed by atoms with van der Waals surface area (Å²) in [4.78, 5) is 14.2. The Labute approximate surface area is 115 Å². The van der Waals surface area contributed by atoms with Crippen LogP contribution in [0.1, 0.15) is 10.4 Å². The smallest absolute Gasteiger partial charge is 0.259 e. The zero-order chi connectivity index (χ0) is 13.2. The van der Waals surface area contributed by atoms with Gasteiger partial charge in [-0.2, -0.15) is 11.3 Å². The fourth-order valence-corrected chi connectivity index (χ4v) is 2.71. The van der Waals surface area contributed by atoms with E-state index in [1.54, 1.807) is 12.0 Å². The summed E-state index contributed by atoms with van der Waals surface area (Å²) in [7, 11) is 1.61. The van der Waals surface area contributed by atoms with Gasteiger partial charge >= 0.3 is 0 Å². The summed E-state index contributed by atoms with van der Waals surface area (Å²) in [6.45, 7) is 1.06. The number of hydrogen-bond acceptors (Lipinski definition) is 4. The maximum Gasteiger partial charge on any atom is 0.259 e. The third-order valence-electron chi connectivity index (χ3n) is 3.04. The summed E-state index contributed by atoms with van der Waals surface area (Å²) in [5, 5.41) is 3.76. The van der Waals surface area contributed by atoms with Crippen molar-refractivity contribution in [1.82, 2.24) is 0 Å². The van der Waals surface area contributed by atoms with Gasteiger partial charge in [-0.25, -0.2) is 0 Å². The lowest BCUT2D eigenvalue weighted by molar-refractivity contribution is 0.0977. The van der Waals surface area contributed by atoms with Crippen molar-refractivity contribution in [2.45, 2.75) is 0 Å². The number of carbonyl (C=O) groups is 1. The summed E-state index contributed by atoms with van der Waals surface area (Å²) in [5.41, 5.74) is 1.47. The fourth-order valence-electron chi connectivity index (χ4n) is 2.08. The molecule has 0 fully saturated rings. The molecule has 0 bridgehead atoms. The molecule has 19 heavy (non-hydrogen) atoms. The standard InChI is InChI=1S/C14H13NO3S/c1-17-11-2-3-13-12(8-11)15(5-6-18-13)14(16)10-4-7-19-9-10/h2-4,7-9H,5-6H2,1H3. The van der Waals surface area contributed by atoms with Gasteiger partial charge in [0, 0.05) is 11.4 Å². The van der Waals surface area contributed by atoms with Crippen LogP contribution in [0.3, 0.4) is 0 Å². The predicted octanol–water partition coefficient (Wildman–Crippen LogP) is 2.80. The number of amides is 1. The molecule has 98 valence electrons. The number of thiophene rings is 1. The van der Waals surface area contributed by atoms with Gasteiger partial charge in [0.05, 0.1) is 24.9 Å². The van der Waals surface area contributed by atoms with Crippen molar-refractivity contribution in [2.75, 3.05) is 25.2 Å². The second-order valence-electron chi connectivity index (χ2n) is 4.15. The second-order valence-corrected chi connectivity index (χ2v) is 4.93. The van der Waals surface area contributed by atoms with Gasteiger partial charge in [0.2, 0.25) is 0 Å². The number of carbonyl (C=O) groups excluding carboxylic acids is 1. The Morgan fingerprint density at radius 3 is 3.05 bits per heavy atom. The number of fused-ring (bicyclic) bond motifs is 1. The van der Waals surface area contributed by atoms with Crippen molar-refractivity contribution < 1.29 is 14.3 Å². The van der Waals surface area contributed by atoms with Gasteiger partial charge in [-0.05, 0) is 23.6 Å². The first-order valence-corrected chi connectivity index (χ1v) is 6.89. The van der Waals surface area contributed by atoms with Gasteiger partial charge < -0.3 is 14.4 Å². The van der Waals surface area contributed by atoms with Crippen LogP contribution < -0.4 is 14.4 Å². The average molecular weight is 275 g/mol. The molecule has 0 spiro atoms. The zero-order valence-corrected chi connectivity index (χ0v) is 11.3. The van der Waals surface area contributed by atoms with E-state index in [1.165, 1.54) is 11.3 Å². The van der Waals surface area contributed by atoms with E-state index in [2.05, 4.69) is 0 Å². The summed E-state index contributed by atoms with van der Waals surface area (Å²) < 4.78 is 10.8. The lowest BCUT2D eigenvalue weighted by Gasteiger charge is -2.29. The number of benzene rings is 1. The molecule has 1 amide bonds. The second kappa shape index (κ2) is 4.93. The third-order valence-corrected chi connectivity index (χ3v) is 3.73. The van der Waals surface area contributed by atoms with E-state index < -0.39 is 0 Å². The first kappa shape index (κ1) is 12.0. The summed E-state index contributed by atoms with van der Waals surface area (Å²) in [6.07, 6.45) is 0. The molecule has 0 aliphatic carbocycles. The van der Waals surface area contributed by atoms with Crippen molar-refractivity contribution in [1.29, 1.82) is 0 Å². The molecule has 0 atom stereocenters. The topological polar surface area (TPSA) is 38.8 Å². The Morgan fingerprint density at radius 1 is 1.42 bits per heavy atom. The van der Waals surface area contributed by atoms with E-state index in [1.807, 2.05) is 35.0 Å². The lowest BCUT2D eigenvalue weighted by atomic mass is 10.2. The molecule has 0 saturated heterocycles.